The van der Waals surface area contributed by atoms with Crippen molar-refractivity contribution >= 4 is 64.2 Å². The minimum atomic E-state index is -0.651. The number of rotatable bonds is 11. The molecule has 0 radical (unpaired) electrons. The number of halogens is 1. The largest absolute Gasteiger partial charge is 0.325 e. The molecule has 1 atom stereocenters. The van der Waals surface area contributed by atoms with Gasteiger partial charge in [-0.15, -0.1) is 11.8 Å². The minimum Gasteiger partial charge on any atom is -0.325 e. The summed E-state index contributed by atoms with van der Waals surface area (Å²) in [5.74, 6) is -1.29. The van der Waals surface area contributed by atoms with Crippen molar-refractivity contribution in [2.24, 2.45) is 0 Å². The number of nitrogens with zero attached hydrogens (tertiary/aromatic N) is 1. The van der Waals surface area contributed by atoms with Crippen LogP contribution in [0.3, 0.4) is 0 Å². The highest BCUT2D eigenvalue weighted by atomic mass is 35.5. The third-order valence-electron chi connectivity index (χ3n) is 7.07. The van der Waals surface area contributed by atoms with Gasteiger partial charge < -0.3 is 16.0 Å². The smallest absolute Gasteiger partial charge is 0.272 e. The van der Waals surface area contributed by atoms with Crippen LogP contribution in [0.2, 0.25) is 5.02 Å². The fourth-order valence-corrected chi connectivity index (χ4v) is 5.88. The van der Waals surface area contributed by atoms with E-state index in [9.17, 15) is 24.5 Å². The van der Waals surface area contributed by atoms with Gasteiger partial charge in [0, 0.05) is 39.0 Å². The molecule has 0 heterocycles. The SMILES string of the molecule is Cc1cc([N+](=O)[O-])ccc1NC(=O)C(Sc1ccc(NC(=O)/C(=C/c2cccc(Cl)c2)NC(=O)c2ccccc2)cc1)c1ccccc1. The number of non-ortho nitro benzene ring substituents is 1. The number of nitro groups is 1. The fourth-order valence-electron chi connectivity index (χ4n) is 4.66. The van der Waals surface area contributed by atoms with Gasteiger partial charge in [0.05, 0.1) is 4.92 Å². The number of thioether (sulfide) groups is 1. The van der Waals surface area contributed by atoms with Crippen LogP contribution in [0.1, 0.15) is 32.3 Å². The van der Waals surface area contributed by atoms with Gasteiger partial charge in [0.1, 0.15) is 10.9 Å². The quantitative estimate of drug-likeness (QED) is 0.0557. The van der Waals surface area contributed by atoms with Crippen molar-refractivity contribution in [3.05, 3.63) is 170 Å². The van der Waals surface area contributed by atoms with Gasteiger partial charge in [-0.3, -0.25) is 24.5 Å². The Labute approximate surface area is 286 Å². The molecule has 9 nitrogen and oxygen atoms in total. The van der Waals surface area contributed by atoms with E-state index in [2.05, 4.69) is 16.0 Å². The van der Waals surface area contributed by atoms with Gasteiger partial charge in [0.2, 0.25) is 5.91 Å². The Bertz CT molecular complexity index is 1990. The lowest BCUT2D eigenvalue weighted by molar-refractivity contribution is -0.384. The van der Waals surface area contributed by atoms with Crippen LogP contribution < -0.4 is 16.0 Å². The van der Waals surface area contributed by atoms with Gasteiger partial charge in [-0.2, -0.15) is 0 Å². The highest BCUT2D eigenvalue weighted by Gasteiger charge is 2.23. The summed E-state index contributed by atoms with van der Waals surface area (Å²) in [6.45, 7) is 1.70. The maximum absolute atomic E-state index is 13.6. The third-order valence-corrected chi connectivity index (χ3v) is 8.58. The predicted molar refractivity (Wildman–Crippen MR) is 190 cm³/mol. The molecular formula is C37H29ClN4O5S. The number of nitro benzene ring substituents is 1. The van der Waals surface area contributed by atoms with Crippen LogP contribution in [0.15, 0.2) is 138 Å². The second-order valence-electron chi connectivity index (χ2n) is 10.6. The summed E-state index contributed by atoms with van der Waals surface area (Å²) in [6, 6.07) is 36.0. The molecule has 0 spiro atoms. The number of amides is 3. The van der Waals surface area contributed by atoms with Crippen LogP contribution in [0.25, 0.3) is 6.08 Å². The van der Waals surface area contributed by atoms with E-state index in [1.165, 1.54) is 30.0 Å². The molecule has 0 aromatic heterocycles. The van der Waals surface area contributed by atoms with E-state index in [4.69, 9.17) is 11.6 Å². The first kappa shape index (κ1) is 33.6. The molecule has 1 unspecified atom stereocenters. The summed E-state index contributed by atoms with van der Waals surface area (Å²) in [5, 5.41) is 19.4. The summed E-state index contributed by atoms with van der Waals surface area (Å²) >= 11 is 7.46. The fraction of sp³-hybridized carbons (Fsp3) is 0.0541. The van der Waals surface area contributed by atoms with Gasteiger partial charge in [0.15, 0.2) is 0 Å². The Balaban J connectivity index is 1.33. The molecule has 240 valence electrons. The van der Waals surface area contributed by atoms with Crippen molar-refractivity contribution in [2.75, 3.05) is 10.6 Å². The van der Waals surface area contributed by atoms with Crippen LogP contribution in [-0.4, -0.2) is 22.6 Å². The Hall–Kier alpha value is -5.71. The molecule has 11 heteroatoms. The molecule has 3 N–H and O–H groups in total. The topological polar surface area (TPSA) is 130 Å². The van der Waals surface area contributed by atoms with Crippen LogP contribution >= 0.6 is 23.4 Å². The Kier molecular flexibility index (Phi) is 11.0. The zero-order valence-electron chi connectivity index (χ0n) is 25.6. The molecule has 0 bridgehead atoms. The summed E-state index contributed by atoms with van der Waals surface area (Å²) in [6.07, 6.45) is 1.54. The lowest BCUT2D eigenvalue weighted by atomic mass is 10.1. The Morgan fingerprint density at radius 3 is 2.15 bits per heavy atom. The van der Waals surface area contributed by atoms with Crippen molar-refractivity contribution in [3.63, 3.8) is 0 Å². The molecule has 3 amide bonds. The van der Waals surface area contributed by atoms with Gasteiger partial charge >= 0.3 is 0 Å². The average Bonchev–Trinajstić information content (AvgIpc) is 3.09. The van der Waals surface area contributed by atoms with Crippen LogP contribution in [0.4, 0.5) is 17.1 Å². The van der Waals surface area contributed by atoms with E-state index in [0.29, 0.717) is 33.1 Å². The second-order valence-corrected chi connectivity index (χ2v) is 12.2. The lowest BCUT2D eigenvalue weighted by Crippen LogP contribution is -2.30. The van der Waals surface area contributed by atoms with E-state index in [-0.39, 0.29) is 17.3 Å². The molecule has 0 fully saturated rings. The van der Waals surface area contributed by atoms with Gasteiger partial charge in [-0.05, 0) is 84.3 Å². The van der Waals surface area contributed by atoms with E-state index in [1.54, 1.807) is 91.9 Å². The maximum Gasteiger partial charge on any atom is 0.272 e. The first-order valence-electron chi connectivity index (χ1n) is 14.7. The van der Waals surface area contributed by atoms with Gasteiger partial charge in [-0.1, -0.05) is 72.3 Å². The molecule has 48 heavy (non-hydrogen) atoms. The number of hydrogen-bond donors (Lipinski definition) is 3. The van der Waals surface area contributed by atoms with Crippen molar-refractivity contribution < 1.29 is 19.3 Å². The summed E-state index contributed by atoms with van der Waals surface area (Å²) < 4.78 is 0. The standard InChI is InChI=1S/C37H29ClN4O5S/c1-24-21-30(42(46)47)17-20-32(24)40-37(45)34(26-10-4-2-5-11-26)48-31-18-15-29(16-19-31)39-36(44)33(23-25-9-8-14-28(38)22-25)41-35(43)27-12-6-3-7-13-27/h2-23,34H,1H3,(H,39,44)(H,40,45)(H,41,43)/b33-23-. The molecule has 0 saturated carbocycles. The van der Waals surface area contributed by atoms with Gasteiger partial charge in [-0.25, -0.2) is 0 Å². The third kappa shape index (κ3) is 8.97. The molecule has 0 aliphatic carbocycles. The van der Waals surface area contributed by atoms with Crippen molar-refractivity contribution in [1.82, 2.24) is 5.32 Å². The molecule has 0 aliphatic rings. The van der Waals surface area contributed by atoms with Crippen LogP contribution in [0.5, 0.6) is 0 Å². The number of carbonyl (C=O) groups is 3. The second kappa shape index (κ2) is 15.7. The first-order chi connectivity index (χ1) is 23.2. The van der Waals surface area contributed by atoms with Crippen LogP contribution in [-0.2, 0) is 9.59 Å². The molecule has 5 aromatic carbocycles. The number of nitrogens with one attached hydrogen (secondary N) is 3. The Morgan fingerprint density at radius 2 is 1.50 bits per heavy atom. The van der Waals surface area contributed by atoms with Crippen molar-refractivity contribution in [3.8, 4) is 0 Å². The number of benzene rings is 5. The number of hydrogen-bond acceptors (Lipinski definition) is 6. The molecule has 5 rings (SSSR count). The monoisotopic (exact) mass is 676 g/mol. The molecule has 0 saturated heterocycles. The summed E-state index contributed by atoms with van der Waals surface area (Å²) in [4.78, 5) is 51.4. The Morgan fingerprint density at radius 1 is 0.812 bits per heavy atom. The molecular weight excluding hydrogens is 648 g/mol. The predicted octanol–water partition coefficient (Wildman–Crippen LogP) is 8.44. The number of carbonyl (C=O) groups excluding carboxylic acids is 3. The average molecular weight is 677 g/mol. The van der Waals surface area contributed by atoms with Crippen molar-refractivity contribution in [1.29, 1.82) is 0 Å². The molecule has 5 aromatic rings. The van der Waals surface area contributed by atoms with E-state index in [1.807, 2.05) is 30.3 Å². The highest BCUT2D eigenvalue weighted by Crippen LogP contribution is 2.37. The zero-order valence-corrected chi connectivity index (χ0v) is 27.1. The first-order valence-corrected chi connectivity index (χ1v) is 15.9. The lowest BCUT2D eigenvalue weighted by Gasteiger charge is -2.18. The van der Waals surface area contributed by atoms with Crippen LogP contribution in [0, 0.1) is 17.0 Å². The minimum absolute atomic E-state index is 0.0203. The normalized spacial score (nSPS) is 11.7. The summed E-state index contributed by atoms with van der Waals surface area (Å²) in [7, 11) is 0. The van der Waals surface area contributed by atoms with E-state index in [0.717, 1.165) is 10.5 Å². The van der Waals surface area contributed by atoms with Gasteiger partial charge in [0.25, 0.3) is 17.5 Å². The molecule has 0 aliphatic heterocycles. The zero-order chi connectivity index (χ0) is 34.0. The maximum atomic E-state index is 13.6. The van der Waals surface area contributed by atoms with E-state index >= 15 is 0 Å². The summed E-state index contributed by atoms with van der Waals surface area (Å²) in [5.41, 5.74) is 3.26. The number of aryl methyl sites for hydroxylation is 1. The number of anilines is 2. The van der Waals surface area contributed by atoms with E-state index < -0.39 is 22.0 Å². The van der Waals surface area contributed by atoms with Crippen molar-refractivity contribution in [2.45, 2.75) is 17.1 Å². The highest BCUT2D eigenvalue weighted by molar-refractivity contribution is 8.00.